The highest BCUT2D eigenvalue weighted by atomic mass is 16.5. The lowest BCUT2D eigenvalue weighted by Gasteiger charge is -2.13. The van der Waals surface area contributed by atoms with Gasteiger partial charge in [-0.1, -0.05) is 26.7 Å². The first kappa shape index (κ1) is 15.5. The lowest BCUT2D eigenvalue weighted by atomic mass is 10.1. The topological polar surface area (TPSA) is 29.5 Å². The van der Waals surface area contributed by atoms with Crippen molar-refractivity contribution in [3.8, 4) is 0 Å². The Morgan fingerprint density at radius 3 is 2.42 bits per heavy atom. The monoisotopic (exact) mass is 263 g/mol. The van der Waals surface area contributed by atoms with E-state index in [2.05, 4.69) is 13.8 Å². The fourth-order valence-electron chi connectivity index (χ4n) is 1.83. The molecule has 1 atom stereocenters. The lowest BCUT2D eigenvalue weighted by molar-refractivity contribution is 0.0443. The summed E-state index contributed by atoms with van der Waals surface area (Å²) in [4.78, 5) is 13.9. The molecule has 1 unspecified atom stereocenters. The second-order valence-corrected chi connectivity index (χ2v) is 5.29. The third-order valence-corrected chi connectivity index (χ3v) is 3.17. The minimum Gasteiger partial charge on any atom is -0.462 e. The minimum absolute atomic E-state index is 0.228. The third kappa shape index (κ3) is 5.33. The summed E-state index contributed by atoms with van der Waals surface area (Å²) in [5.74, 6) is 0.207. The van der Waals surface area contributed by atoms with Gasteiger partial charge in [-0.2, -0.15) is 0 Å². The summed E-state index contributed by atoms with van der Waals surface area (Å²) in [6.45, 7) is 4.80. The molecule has 0 saturated heterocycles. The number of esters is 1. The number of hydrogen-bond acceptors (Lipinski definition) is 3. The Labute approximate surface area is 116 Å². The highest BCUT2D eigenvalue weighted by molar-refractivity contribution is 5.89. The number of carbonyl (C=O) groups excluding carboxylic acids is 1. The van der Waals surface area contributed by atoms with Crippen molar-refractivity contribution < 1.29 is 9.53 Å². The molecule has 3 heteroatoms. The van der Waals surface area contributed by atoms with Crippen LogP contribution < -0.4 is 4.90 Å². The zero-order valence-corrected chi connectivity index (χ0v) is 12.5. The van der Waals surface area contributed by atoms with Crippen LogP contribution in [0.5, 0.6) is 0 Å². The van der Waals surface area contributed by atoms with Crippen LogP contribution in [0.4, 0.5) is 5.69 Å². The Hall–Kier alpha value is -1.51. The highest BCUT2D eigenvalue weighted by Crippen LogP contribution is 2.14. The molecular weight excluding hydrogens is 238 g/mol. The van der Waals surface area contributed by atoms with Crippen molar-refractivity contribution >= 4 is 11.7 Å². The van der Waals surface area contributed by atoms with Gasteiger partial charge in [0.15, 0.2) is 0 Å². The molecule has 3 nitrogen and oxygen atoms in total. The highest BCUT2D eigenvalue weighted by Gasteiger charge is 2.10. The van der Waals surface area contributed by atoms with Crippen LogP contribution in [0, 0.1) is 5.92 Å². The molecule has 1 rings (SSSR count). The quantitative estimate of drug-likeness (QED) is 0.702. The molecule has 19 heavy (non-hydrogen) atoms. The van der Waals surface area contributed by atoms with Gasteiger partial charge in [0, 0.05) is 19.8 Å². The second-order valence-electron chi connectivity index (χ2n) is 5.29. The normalized spacial score (nSPS) is 12.0. The molecule has 0 heterocycles. The van der Waals surface area contributed by atoms with Crippen LogP contribution in [0.3, 0.4) is 0 Å². The predicted molar refractivity (Wildman–Crippen MR) is 79.7 cm³/mol. The summed E-state index contributed by atoms with van der Waals surface area (Å²) in [7, 11) is 3.95. The number of ether oxygens (including phenoxy) is 1. The number of carbonyl (C=O) groups is 1. The molecule has 0 spiro atoms. The van der Waals surface area contributed by atoms with E-state index in [1.165, 1.54) is 12.8 Å². The summed E-state index contributed by atoms with van der Waals surface area (Å²) in [6.07, 6.45) is 3.49. The van der Waals surface area contributed by atoms with Gasteiger partial charge < -0.3 is 9.64 Å². The molecule has 0 fully saturated rings. The molecule has 106 valence electrons. The van der Waals surface area contributed by atoms with E-state index in [-0.39, 0.29) is 5.97 Å². The van der Waals surface area contributed by atoms with Crippen LogP contribution in [0.1, 0.15) is 43.5 Å². The van der Waals surface area contributed by atoms with Crippen molar-refractivity contribution in [2.24, 2.45) is 5.92 Å². The molecule has 0 amide bonds. The number of hydrogen-bond donors (Lipinski definition) is 0. The van der Waals surface area contributed by atoms with Crippen LogP contribution in [0.15, 0.2) is 24.3 Å². The number of anilines is 1. The maximum Gasteiger partial charge on any atom is 0.338 e. The van der Waals surface area contributed by atoms with E-state index in [1.807, 2.05) is 43.3 Å². The first-order chi connectivity index (χ1) is 9.04. The summed E-state index contributed by atoms with van der Waals surface area (Å²) < 4.78 is 5.33. The van der Waals surface area contributed by atoms with Gasteiger partial charge in [0.05, 0.1) is 12.2 Å². The zero-order valence-electron chi connectivity index (χ0n) is 12.5. The van der Waals surface area contributed by atoms with Crippen molar-refractivity contribution in [2.45, 2.75) is 33.1 Å². The van der Waals surface area contributed by atoms with Gasteiger partial charge in [-0.3, -0.25) is 0 Å². The van der Waals surface area contributed by atoms with Gasteiger partial charge in [0.25, 0.3) is 0 Å². The molecule has 0 N–H and O–H groups in total. The van der Waals surface area contributed by atoms with Crippen molar-refractivity contribution in [1.82, 2.24) is 0 Å². The average molecular weight is 263 g/mol. The van der Waals surface area contributed by atoms with E-state index in [1.54, 1.807) is 0 Å². The van der Waals surface area contributed by atoms with Crippen LogP contribution in [0.25, 0.3) is 0 Å². The van der Waals surface area contributed by atoms with Crippen molar-refractivity contribution in [3.63, 3.8) is 0 Å². The standard InChI is InChI=1S/C16H25NO2/c1-5-6-7-13(2)12-19-16(18)14-8-10-15(11-9-14)17(3)4/h8-11,13H,5-7,12H2,1-4H3. The minimum atomic E-state index is -0.228. The largest absolute Gasteiger partial charge is 0.462 e. The summed E-state index contributed by atoms with van der Waals surface area (Å²) in [5, 5.41) is 0. The summed E-state index contributed by atoms with van der Waals surface area (Å²) >= 11 is 0. The smallest absolute Gasteiger partial charge is 0.338 e. The predicted octanol–water partition coefficient (Wildman–Crippen LogP) is 3.74. The zero-order chi connectivity index (χ0) is 14.3. The Kier molecular flexibility index (Phi) is 6.40. The molecule has 0 aliphatic heterocycles. The van der Waals surface area contributed by atoms with Gasteiger partial charge in [-0.15, -0.1) is 0 Å². The van der Waals surface area contributed by atoms with E-state index < -0.39 is 0 Å². The Morgan fingerprint density at radius 1 is 1.26 bits per heavy atom. The molecule has 0 radical (unpaired) electrons. The van der Waals surface area contributed by atoms with Gasteiger partial charge in [0.1, 0.15) is 0 Å². The van der Waals surface area contributed by atoms with Crippen molar-refractivity contribution in [3.05, 3.63) is 29.8 Å². The van der Waals surface area contributed by atoms with Crippen LogP contribution in [-0.2, 0) is 4.74 Å². The number of rotatable bonds is 7. The Balaban J connectivity index is 2.45. The van der Waals surface area contributed by atoms with E-state index in [0.29, 0.717) is 18.1 Å². The Bertz CT molecular complexity index is 384. The van der Waals surface area contributed by atoms with E-state index in [9.17, 15) is 4.79 Å². The maximum absolute atomic E-state index is 11.9. The van der Waals surface area contributed by atoms with Gasteiger partial charge in [-0.05, 0) is 36.6 Å². The lowest BCUT2D eigenvalue weighted by Crippen LogP contribution is -2.13. The first-order valence-electron chi connectivity index (χ1n) is 6.99. The van der Waals surface area contributed by atoms with Crippen LogP contribution >= 0.6 is 0 Å². The molecule has 0 aliphatic carbocycles. The van der Waals surface area contributed by atoms with Crippen molar-refractivity contribution in [2.75, 3.05) is 25.6 Å². The molecular formula is C16H25NO2. The van der Waals surface area contributed by atoms with Crippen LogP contribution in [-0.4, -0.2) is 26.7 Å². The van der Waals surface area contributed by atoms with E-state index >= 15 is 0 Å². The third-order valence-electron chi connectivity index (χ3n) is 3.17. The van der Waals surface area contributed by atoms with Gasteiger partial charge in [0.2, 0.25) is 0 Å². The van der Waals surface area contributed by atoms with Gasteiger partial charge >= 0.3 is 5.97 Å². The van der Waals surface area contributed by atoms with Gasteiger partial charge in [-0.25, -0.2) is 4.79 Å². The molecule has 0 bridgehead atoms. The molecule has 1 aromatic rings. The maximum atomic E-state index is 11.9. The second kappa shape index (κ2) is 7.82. The molecule has 1 aromatic carbocycles. The summed E-state index contributed by atoms with van der Waals surface area (Å²) in [5.41, 5.74) is 1.70. The number of unbranched alkanes of at least 4 members (excludes halogenated alkanes) is 1. The average Bonchev–Trinajstić information content (AvgIpc) is 2.42. The summed E-state index contributed by atoms with van der Waals surface area (Å²) in [6, 6.07) is 7.48. The van der Waals surface area contributed by atoms with E-state index in [4.69, 9.17) is 4.74 Å². The molecule has 0 aliphatic rings. The first-order valence-corrected chi connectivity index (χ1v) is 6.99. The van der Waals surface area contributed by atoms with Crippen molar-refractivity contribution in [1.29, 1.82) is 0 Å². The SMILES string of the molecule is CCCCC(C)COC(=O)c1ccc(N(C)C)cc1. The van der Waals surface area contributed by atoms with Crippen LogP contribution in [0.2, 0.25) is 0 Å². The number of nitrogens with zero attached hydrogens (tertiary/aromatic N) is 1. The fourth-order valence-corrected chi connectivity index (χ4v) is 1.83. The fraction of sp³-hybridized carbons (Fsp3) is 0.562. The molecule has 0 saturated carbocycles. The number of benzene rings is 1. The molecule has 0 aromatic heterocycles. The Morgan fingerprint density at radius 2 is 1.89 bits per heavy atom. The van der Waals surface area contributed by atoms with E-state index in [0.717, 1.165) is 12.1 Å².